The van der Waals surface area contributed by atoms with E-state index < -0.39 is 0 Å². The molecule has 0 bridgehead atoms. The summed E-state index contributed by atoms with van der Waals surface area (Å²) in [5, 5.41) is 0. The van der Waals surface area contributed by atoms with Crippen molar-refractivity contribution in [2.75, 3.05) is 13.6 Å². The molecule has 1 radical (unpaired) electrons. The van der Waals surface area contributed by atoms with Crippen LogP contribution in [-0.2, 0) is 26.0 Å². The molecule has 0 aliphatic rings. The molecule has 0 unspecified atom stereocenters. The van der Waals surface area contributed by atoms with E-state index in [9.17, 15) is 0 Å². The van der Waals surface area contributed by atoms with Crippen molar-refractivity contribution in [1.29, 1.82) is 0 Å². The number of halogens is 1. The van der Waals surface area contributed by atoms with Crippen LogP contribution in [0.15, 0.2) is 48.5 Å². The number of benzene rings is 2. The quantitative estimate of drug-likeness (QED) is 0.225. The van der Waals surface area contributed by atoms with Crippen LogP contribution < -0.4 is 0 Å². The minimum atomic E-state index is 0. The van der Waals surface area contributed by atoms with Crippen molar-refractivity contribution < 1.29 is 19.5 Å². The second kappa shape index (κ2) is 10.8. The van der Waals surface area contributed by atoms with Crippen molar-refractivity contribution >= 4 is 28.2 Å². The van der Waals surface area contributed by atoms with E-state index in [4.69, 9.17) is 6.58 Å². The molecule has 24 heavy (non-hydrogen) atoms. The number of rotatable bonds is 6. The van der Waals surface area contributed by atoms with Gasteiger partial charge in [0, 0.05) is 34.7 Å². The molecular weight excluding hydrogens is 494 g/mol. The van der Waals surface area contributed by atoms with Crippen molar-refractivity contribution in [2.45, 2.75) is 19.9 Å². The topological polar surface area (TPSA) is 3.24 Å². The van der Waals surface area contributed by atoms with Gasteiger partial charge in [0.15, 0.2) is 0 Å². The van der Waals surface area contributed by atoms with Crippen LogP contribution in [0.5, 0.6) is 0 Å². The fraction of sp³-hybridized carbons (Fsp3) is 0.238. The standard InChI is InChI=1S/C21H21IN.Ru/c1-17-7-4-5-10-21(17)18(2)12-14-23(3)16-20-9-6-8-19(15-20)11-13-22;/h2,4-10,15H,12,14,16H2,1,3H3;/q-1;+1. The molecule has 0 N–H and O–H groups in total. The molecule has 0 atom stereocenters. The summed E-state index contributed by atoms with van der Waals surface area (Å²) in [6.07, 6.45) is 0.870. The maximum atomic E-state index is 6.27. The molecule has 0 amide bonds. The Kier molecular flexibility index (Phi) is 9.51. The molecule has 0 spiro atoms. The number of aryl methyl sites for hydroxylation is 1. The van der Waals surface area contributed by atoms with E-state index in [1.54, 1.807) is 0 Å². The molecule has 2 rings (SSSR count). The summed E-state index contributed by atoms with van der Waals surface area (Å²) in [5.41, 5.74) is 5.70. The summed E-state index contributed by atoms with van der Waals surface area (Å²) in [5.74, 6) is 3.09. The Morgan fingerprint density at radius 3 is 2.62 bits per heavy atom. The molecular formula is C21H21INRu. The first-order chi connectivity index (χ1) is 11.1. The fourth-order valence-electron chi connectivity index (χ4n) is 2.57. The van der Waals surface area contributed by atoms with Crippen LogP contribution >= 0.6 is 22.6 Å². The smallest absolute Gasteiger partial charge is 0.302 e. The Labute approximate surface area is 172 Å². The number of hydrogen-bond acceptors (Lipinski definition) is 1. The summed E-state index contributed by atoms with van der Waals surface area (Å²) < 4.78 is 2.91. The zero-order valence-electron chi connectivity index (χ0n) is 14.0. The molecule has 0 saturated carbocycles. The van der Waals surface area contributed by atoms with E-state index in [2.05, 4.69) is 81.6 Å². The molecule has 0 fully saturated rings. The van der Waals surface area contributed by atoms with Gasteiger partial charge < -0.3 is 4.90 Å². The Balaban J connectivity index is 0.00000288. The van der Waals surface area contributed by atoms with Gasteiger partial charge >= 0.3 is 19.5 Å². The molecule has 0 aliphatic heterocycles. The maximum absolute atomic E-state index is 6.27. The number of hydrogen-bond donors (Lipinski definition) is 0. The van der Waals surface area contributed by atoms with Crippen LogP contribution in [0, 0.1) is 23.4 Å². The van der Waals surface area contributed by atoms with E-state index in [0.29, 0.717) is 0 Å². The van der Waals surface area contributed by atoms with Crippen LogP contribution in [0.3, 0.4) is 0 Å². The van der Waals surface area contributed by atoms with Crippen molar-refractivity contribution in [3.8, 4) is 9.85 Å². The molecule has 0 aromatic heterocycles. The van der Waals surface area contributed by atoms with Crippen LogP contribution in [-0.4, -0.2) is 18.5 Å². The van der Waals surface area contributed by atoms with Gasteiger partial charge in [-0.3, -0.25) is 6.58 Å². The zero-order chi connectivity index (χ0) is 16.7. The second-order valence-corrected chi connectivity index (χ2v) is 6.29. The summed E-state index contributed by atoms with van der Waals surface area (Å²) >= 11 is 2.07. The first-order valence-electron chi connectivity index (χ1n) is 7.66. The summed E-state index contributed by atoms with van der Waals surface area (Å²) in [7, 11) is 2.13. The summed E-state index contributed by atoms with van der Waals surface area (Å²) in [6, 6.07) is 16.7. The van der Waals surface area contributed by atoms with Gasteiger partial charge in [-0.25, -0.2) is 5.57 Å². The van der Waals surface area contributed by atoms with Gasteiger partial charge in [-0.2, -0.15) is 5.56 Å². The second-order valence-electron chi connectivity index (χ2n) is 5.75. The van der Waals surface area contributed by atoms with Gasteiger partial charge in [-0.1, -0.05) is 43.2 Å². The van der Waals surface area contributed by atoms with Gasteiger partial charge in [0.25, 0.3) is 0 Å². The summed E-state index contributed by atoms with van der Waals surface area (Å²) in [6.45, 7) is 10.2. The predicted octanol–water partition coefficient (Wildman–Crippen LogP) is 5.08. The molecule has 2 aromatic carbocycles. The molecule has 0 heterocycles. The molecule has 0 saturated heterocycles. The average Bonchev–Trinajstić information content (AvgIpc) is 2.54. The minimum Gasteiger partial charge on any atom is -0.302 e. The molecule has 0 aliphatic carbocycles. The third-order valence-corrected chi connectivity index (χ3v) is 4.09. The van der Waals surface area contributed by atoms with E-state index >= 15 is 0 Å². The van der Waals surface area contributed by atoms with Gasteiger partial charge in [-0.15, -0.1) is 11.6 Å². The SMILES string of the molecule is [CH-]=C(CCN(C)Cc1cccc(C#CI)c1)c1ccccc1C.[Ru+]. The maximum Gasteiger partial charge on any atom is 1.00 e. The molecule has 3 heteroatoms. The average molecular weight is 515 g/mol. The van der Waals surface area contributed by atoms with Crippen molar-refractivity contribution in [3.63, 3.8) is 0 Å². The zero-order valence-corrected chi connectivity index (χ0v) is 17.9. The molecule has 125 valence electrons. The van der Waals surface area contributed by atoms with E-state index in [-0.39, 0.29) is 19.5 Å². The Hall–Kier alpha value is -0.947. The van der Waals surface area contributed by atoms with Crippen molar-refractivity contribution in [1.82, 2.24) is 4.90 Å². The van der Waals surface area contributed by atoms with E-state index in [0.717, 1.165) is 30.6 Å². The van der Waals surface area contributed by atoms with Crippen molar-refractivity contribution in [2.24, 2.45) is 0 Å². The van der Waals surface area contributed by atoms with Gasteiger partial charge in [0.05, 0.1) is 0 Å². The van der Waals surface area contributed by atoms with Crippen molar-refractivity contribution in [3.05, 3.63) is 77.4 Å². The molecule has 2 aromatic rings. The fourth-order valence-corrected chi connectivity index (χ4v) is 2.88. The van der Waals surface area contributed by atoms with E-state index in [1.807, 2.05) is 18.2 Å². The van der Waals surface area contributed by atoms with Crippen LogP contribution in [0.4, 0.5) is 0 Å². The van der Waals surface area contributed by atoms with Crippen LogP contribution in [0.25, 0.3) is 5.57 Å². The largest absolute Gasteiger partial charge is 1.00 e. The summed E-state index contributed by atoms with van der Waals surface area (Å²) in [4.78, 5) is 2.29. The predicted molar refractivity (Wildman–Crippen MR) is 107 cm³/mol. The normalized spacial score (nSPS) is 9.83. The monoisotopic (exact) mass is 516 g/mol. The van der Waals surface area contributed by atoms with E-state index in [1.165, 1.54) is 16.7 Å². The minimum absolute atomic E-state index is 0. The van der Waals surface area contributed by atoms with Crippen LogP contribution in [0.1, 0.15) is 28.7 Å². The van der Waals surface area contributed by atoms with Gasteiger partial charge in [0.1, 0.15) is 0 Å². The Morgan fingerprint density at radius 1 is 1.17 bits per heavy atom. The Bertz CT molecular complexity index is 743. The Morgan fingerprint density at radius 2 is 1.92 bits per heavy atom. The third kappa shape index (κ3) is 6.51. The first-order valence-corrected chi connectivity index (χ1v) is 8.74. The van der Waals surface area contributed by atoms with Crippen LogP contribution in [0.2, 0.25) is 0 Å². The third-order valence-electron chi connectivity index (χ3n) is 3.82. The molecule has 1 nitrogen and oxygen atoms in total. The van der Waals surface area contributed by atoms with Gasteiger partial charge in [0.2, 0.25) is 0 Å². The first kappa shape index (κ1) is 21.1. The van der Waals surface area contributed by atoms with Gasteiger partial charge in [-0.05, 0) is 41.6 Å². The number of nitrogens with zero attached hydrogens (tertiary/aromatic N) is 1.